The van der Waals surface area contributed by atoms with Gasteiger partial charge in [-0.1, -0.05) is 79.3 Å². The number of aromatic hydroxyl groups is 1. The van der Waals surface area contributed by atoms with Crippen molar-refractivity contribution < 1.29 is 5.11 Å². The van der Waals surface area contributed by atoms with Crippen LogP contribution in [0.1, 0.15) is 97.3 Å². The Morgan fingerprint density at radius 3 is 2.32 bits per heavy atom. The van der Waals surface area contributed by atoms with Crippen LogP contribution >= 0.6 is 22.2 Å². The molecule has 2 aromatic carbocycles. The van der Waals surface area contributed by atoms with Gasteiger partial charge in [0.05, 0.1) is 0 Å². The smallest absolute Gasteiger partial charge is 0.146 e. The first-order valence-corrected chi connectivity index (χ1v) is 16.6. The monoisotopic (exact) mass is 541 g/mol. The number of unbranched alkanes of at least 4 members (excludes halogenated alkanes) is 3. The Balaban J connectivity index is 1.67. The van der Waals surface area contributed by atoms with Gasteiger partial charge in [0.1, 0.15) is 22.5 Å². The predicted octanol–water partition coefficient (Wildman–Crippen LogP) is 8.63. The first kappa shape index (κ1) is 29.8. The van der Waals surface area contributed by atoms with E-state index in [2.05, 4.69) is 90.4 Å². The topological polar surface area (TPSA) is 50.9 Å². The largest absolute Gasteiger partial charge is 0.505 e. The van der Waals surface area contributed by atoms with Gasteiger partial charge in [0.15, 0.2) is 0 Å². The third-order valence-electron chi connectivity index (χ3n) is 6.71. The lowest BCUT2D eigenvalue weighted by molar-refractivity contribution is 0.438. The fourth-order valence-corrected chi connectivity index (χ4v) is 7.23. The third kappa shape index (κ3) is 8.35. The van der Waals surface area contributed by atoms with Crippen LogP contribution in [0.5, 0.6) is 5.75 Å². The van der Waals surface area contributed by atoms with E-state index in [1.165, 1.54) is 54.3 Å². The van der Waals surface area contributed by atoms with E-state index in [1.807, 2.05) is 6.07 Å². The lowest BCUT2D eigenvalue weighted by atomic mass is 9.80. The quantitative estimate of drug-likeness (QED) is 0.184. The zero-order chi connectivity index (χ0) is 27.2. The average Bonchev–Trinajstić information content (AvgIpc) is 3.23. The molecule has 1 aromatic heterocycles. The minimum atomic E-state index is -0.192. The van der Waals surface area contributed by atoms with Crippen LogP contribution in [0.25, 0.3) is 16.7 Å². The Morgan fingerprint density at radius 1 is 0.919 bits per heavy atom. The SMILES string of the molecule is C=S(CCCCC)CSCCCCc1ccc2nn(-c3cc(C(C)(C)C)cc(C(C)(C)C)c3O)nc2c1. The number of aryl methyl sites for hydroxylation is 1. The highest BCUT2D eigenvalue weighted by Gasteiger charge is 2.26. The molecule has 1 unspecified atom stereocenters. The van der Waals surface area contributed by atoms with E-state index in [9.17, 15) is 5.11 Å². The predicted molar refractivity (Wildman–Crippen MR) is 167 cm³/mol. The molecule has 1 atom stereocenters. The van der Waals surface area contributed by atoms with Crippen molar-refractivity contribution in [3.05, 3.63) is 47.0 Å². The van der Waals surface area contributed by atoms with Gasteiger partial charge in [0.2, 0.25) is 0 Å². The number of phenolic OH excluding ortho intramolecular Hbond substituents is 1. The molecule has 3 aromatic rings. The normalized spacial score (nSPS) is 13.4. The Hall–Kier alpha value is -1.79. The van der Waals surface area contributed by atoms with Crippen molar-refractivity contribution in [3.8, 4) is 11.4 Å². The lowest BCUT2D eigenvalue weighted by Gasteiger charge is -2.27. The number of phenols is 1. The van der Waals surface area contributed by atoms with Crippen molar-refractivity contribution in [3.63, 3.8) is 0 Å². The van der Waals surface area contributed by atoms with E-state index in [0.29, 0.717) is 16.2 Å². The number of hydrogen-bond acceptors (Lipinski definition) is 4. The number of aromatic nitrogens is 3. The minimum Gasteiger partial charge on any atom is -0.505 e. The molecule has 37 heavy (non-hydrogen) atoms. The van der Waals surface area contributed by atoms with Gasteiger partial charge >= 0.3 is 0 Å². The second-order valence-electron chi connectivity index (χ2n) is 12.2. The maximum Gasteiger partial charge on any atom is 0.146 e. The van der Waals surface area contributed by atoms with Crippen molar-refractivity contribution in [2.45, 2.75) is 97.8 Å². The summed E-state index contributed by atoms with van der Waals surface area (Å²) in [6.07, 6.45) is 7.41. The maximum atomic E-state index is 11.2. The van der Waals surface area contributed by atoms with E-state index in [0.717, 1.165) is 28.6 Å². The van der Waals surface area contributed by atoms with Gasteiger partial charge in [-0.05, 0) is 77.3 Å². The van der Waals surface area contributed by atoms with E-state index >= 15 is 0 Å². The molecule has 0 saturated carbocycles. The zero-order valence-corrected chi connectivity index (χ0v) is 25.7. The van der Waals surface area contributed by atoms with Gasteiger partial charge in [-0.25, -0.2) is 0 Å². The molecule has 0 spiro atoms. The molecule has 204 valence electrons. The fraction of sp³-hybridized carbons (Fsp3) is 0.581. The summed E-state index contributed by atoms with van der Waals surface area (Å²) in [5, 5.41) is 21.9. The second kappa shape index (κ2) is 12.8. The Bertz CT molecular complexity index is 1200. The van der Waals surface area contributed by atoms with Gasteiger partial charge in [-0.3, -0.25) is 0 Å². The van der Waals surface area contributed by atoms with Crippen molar-refractivity contribution in [2.75, 3.05) is 16.6 Å². The summed E-state index contributed by atoms with van der Waals surface area (Å²) >= 11 is 2.07. The van der Waals surface area contributed by atoms with Crippen LogP contribution < -0.4 is 0 Å². The number of nitrogens with zero attached hydrogens (tertiary/aromatic N) is 3. The fourth-order valence-electron chi connectivity index (χ4n) is 4.32. The molecule has 0 amide bonds. The molecule has 6 heteroatoms. The van der Waals surface area contributed by atoms with Crippen LogP contribution in [0.2, 0.25) is 0 Å². The second-order valence-corrected chi connectivity index (χ2v) is 15.6. The standard InChI is InChI=1S/C31H47N3OS2/c1-9-10-13-18-37(8)22-36-17-12-11-14-23-15-16-26-27(19-23)33-34(32-26)28-21-24(30(2,3)4)20-25(29(28)35)31(5,6)7/h15-16,19-21,35H,8-14,17-18,22H2,1-7H3. The number of benzene rings is 2. The van der Waals surface area contributed by atoms with Crippen molar-refractivity contribution in [2.24, 2.45) is 0 Å². The number of rotatable bonds is 12. The molecule has 0 saturated heterocycles. The molecule has 0 aliphatic rings. The lowest BCUT2D eigenvalue weighted by Crippen LogP contribution is -2.18. The summed E-state index contributed by atoms with van der Waals surface area (Å²) in [7, 11) is 0.320. The van der Waals surface area contributed by atoms with Crippen LogP contribution in [0.15, 0.2) is 30.3 Å². The number of hydrogen-bond donors (Lipinski definition) is 1. The molecular formula is C31H47N3OS2. The molecular weight excluding hydrogens is 494 g/mol. The van der Waals surface area contributed by atoms with Gasteiger partial charge in [-0.2, -0.15) is 22.2 Å². The minimum absolute atomic E-state index is 0.0511. The van der Waals surface area contributed by atoms with Gasteiger partial charge in [-0.15, -0.1) is 15.0 Å². The summed E-state index contributed by atoms with van der Waals surface area (Å²) in [4.78, 5) is 1.61. The summed E-state index contributed by atoms with van der Waals surface area (Å²) < 4.78 is 0. The van der Waals surface area contributed by atoms with E-state index in [-0.39, 0.29) is 16.6 Å². The zero-order valence-electron chi connectivity index (χ0n) is 24.1. The van der Waals surface area contributed by atoms with E-state index in [1.54, 1.807) is 4.80 Å². The first-order chi connectivity index (χ1) is 17.4. The molecule has 4 nitrogen and oxygen atoms in total. The molecule has 0 aliphatic carbocycles. The summed E-state index contributed by atoms with van der Waals surface area (Å²) in [6.45, 7) is 15.2. The first-order valence-electron chi connectivity index (χ1n) is 13.7. The van der Waals surface area contributed by atoms with Crippen LogP contribution in [0.3, 0.4) is 0 Å². The molecule has 0 bridgehead atoms. The van der Waals surface area contributed by atoms with Crippen molar-refractivity contribution >= 4 is 39.1 Å². The van der Waals surface area contributed by atoms with Crippen molar-refractivity contribution in [1.82, 2.24) is 15.0 Å². The van der Waals surface area contributed by atoms with Crippen LogP contribution in [-0.4, -0.2) is 42.6 Å². The summed E-state index contributed by atoms with van der Waals surface area (Å²) in [5.41, 5.74) is 5.50. The highest BCUT2D eigenvalue weighted by Crippen LogP contribution is 2.39. The summed E-state index contributed by atoms with van der Waals surface area (Å²) in [5.74, 6) is 7.10. The van der Waals surface area contributed by atoms with Crippen LogP contribution in [0.4, 0.5) is 0 Å². The Labute approximate surface area is 231 Å². The van der Waals surface area contributed by atoms with Crippen molar-refractivity contribution in [1.29, 1.82) is 0 Å². The average molecular weight is 542 g/mol. The van der Waals surface area contributed by atoms with Crippen LogP contribution in [0, 0.1) is 0 Å². The molecule has 1 heterocycles. The highest BCUT2D eigenvalue weighted by atomic mass is 32.2. The van der Waals surface area contributed by atoms with Gasteiger partial charge in [0.25, 0.3) is 0 Å². The maximum absolute atomic E-state index is 11.2. The molecule has 0 radical (unpaired) electrons. The van der Waals surface area contributed by atoms with E-state index in [4.69, 9.17) is 10.2 Å². The Kier molecular flexibility index (Phi) is 10.3. The molecule has 1 N–H and O–H groups in total. The molecule has 3 rings (SSSR count). The summed E-state index contributed by atoms with van der Waals surface area (Å²) in [6, 6.07) is 10.5. The Morgan fingerprint density at radius 2 is 1.65 bits per heavy atom. The third-order valence-corrected chi connectivity index (χ3v) is 10.2. The van der Waals surface area contributed by atoms with Gasteiger partial charge < -0.3 is 5.11 Å². The highest BCUT2D eigenvalue weighted by molar-refractivity contribution is 8.24. The number of thioether (sulfide) groups is 1. The molecule has 0 fully saturated rings. The van der Waals surface area contributed by atoms with Gasteiger partial charge in [0, 0.05) is 10.6 Å². The molecule has 0 aliphatic heterocycles. The van der Waals surface area contributed by atoms with Crippen LogP contribution in [-0.2, 0) is 17.3 Å². The number of fused-ring (bicyclic) bond motifs is 1. The van der Waals surface area contributed by atoms with E-state index < -0.39 is 0 Å².